The van der Waals surface area contributed by atoms with Crippen LogP contribution in [0.4, 0.5) is 5.69 Å². The second kappa shape index (κ2) is 7.77. The topological polar surface area (TPSA) is 121 Å². The first-order chi connectivity index (χ1) is 12.1. The number of aliphatic carboxylic acids is 1. The van der Waals surface area contributed by atoms with E-state index in [1.165, 1.54) is 42.5 Å². The summed E-state index contributed by atoms with van der Waals surface area (Å²) < 4.78 is 27.2. The first-order valence-electron chi connectivity index (χ1n) is 6.86. The molecule has 2 aromatic carbocycles. The number of carbonyl (C=O) groups is 2. The van der Waals surface area contributed by atoms with Crippen molar-refractivity contribution in [2.45, 2.75) is 4.90 Å². The molecule has 0 aliphatic rings. The number of benzene rings is 2. The Bertz CT molecular complexity index is 1020. The Labute approximate surface area is 158 Å². The minimum atomic E-state index is -4.08. The summed E-state index contributed by atoms with van der Waals surface area (Å²) in [4.78, 5) is 22.2. The number of aliphatic hydroxyl groups excluding tert-OH is 1. The minimum Gasteiger partial charge on any atom is -0.502 e. The van der Waals surface area contributed by atoms with Crippen LogP contribution < -0.4 is 4.72 Å². The fraction of sp³-hybridized carbons (Fsp3) is 0. The van der Waals surface area contributed by atoms with Crippen LogP contribution in [0.1, 0.15) is 10.4 Å². The van der Waals surface area contributed by atoms with E-state index in [0.29, 0.717) is 6.08 Å². The van der Waals surface area contributed by atoms with E-state index in [1.807, 2.05) is 0 Å². The number of carboxylic acid groups (broad SMARTS) is 1. The van der Waals surface area contributed by atoms with Gasteiger partial charge in [-0.1, -0.05) is 35.3 Å². The maximum absolute atomic E-state index is 12.5. The summed E-state index contributed by atoms with van der Waals surface area (Å²) in [6.07, 6.45) is 0.518. The van der Waals surface area contributed by atoms with E-state index >= 15 is 0 Å². The average Bonchev–Trinajstić information content (AvgIpc) is 2.56. The molecule has 0 aliphatic heterocycles. The van der Waals surface area contributed by atoms with Gasteiger partial charge in [0.15, 0.2) is 5.78 Å². The number of nitrogens with one attached hydrogen (secondary N) is 1. The van der Waals surface area contributed by atoms with E-state index in [1.54, 1.807) is 0 Å². The molecule has 0 saturated heterocycles. The number of carboxylic acids is 1. The lowest BCUT2D eigenvalue weighted by Gasteiger charge is -2.10. The van der Waals surface area contributed by atoms with Crippen molar-refractivity contribution in [1.29, 1.82) is 0 Å². The van der Waals surface area contributed by atoms with Gasteiger partial charge in [-0.2, -0.15) is 0 Å². The standard InChI is InChI=1S/C16H11Cl2NO6S/c17-10-4-5-12(18)15(7-10)26(24,25)19-11-3-1-2-9(6-11)13(20)8-14(21)16(22)23/h1-8,19,21H,(H,22,23). The third-order valence-electron chi connectivity index (χ3n) is 3.07. The molecular formula is C16H11Cl2NO6S. The molecule has 0 atom stereocenters. The zero-order valence-corrected chi connectivity index (χ0v) is 15.1. The molecule has 0 heterocycles. The number of carbonyl (C=O) groups excluding carboxylic acids is 1. The smallest absolute Gasteiger partial charge is 0.371 e. The highest BCUT2D eigenvalue weighted by atomic mass is 35.5. The Morgan fingerprint density at radius 2 is 1.73 bits per heavy atom. The van der Waals surface area contributed by atoms with Gasteiger partial charge < -0.3 is 10.2 Å². The van der Waals surface area contributed by atoms with Crippen molar-refractivity contribution in [2.75, 3.05) is 4.72 Å². The summed E-state index contributed by atoms with van der Waals surface area (Å²) in [5.41, 5.74) is 0.00491. The highest BCUT2D eigenvalue weighted by Gasteiger charge is 2.19. The maximum Gasteiger partial charge on any atom is 0.371 e. The molecule has 3 N–H and O–H groups in total. The zero-order chi connectivity index (χ0) is 19.5. The predicted molar refractivity (Wildman–Crippen MR) is 96.4 cm³/mol. The van der Waals surface area contributed by atoms with Crippen molar-refractivity contribution in [1.82, 2.24) is 0 Å². The van der Waals surface area contributed by atoms with Crippen LogP contribution in [0.3, 0.4) is 0 Å². The molecule has 0 aromatic heterocycles. The Kier molecular flexibility index (Phi) is 5.91. The second-order valence-corrected chi connectivity index (χ2v) is 7.45. The zero-order valence-electron chi connectivity index (χ0n) is 12.8. The molecule has 0 bridgehead atoms. The lowest BCUT2D eigenvalue weighted by atomic mass is 10.1. The molecule has 0 spiro atoms. The number of rotatable bonds is 6. The number of aliphatic hydroxyl groups is 1. The van der Waals surface area contributed by atoms with E-state index in [4.69, 9.17) is 33.4 Å². The van der Waals surface area contributed by atoms with Crippen LogP contribution in [0, 0.1) is 0 Å². The highest BCUT2D eigenvalue weighted by molar-refractivity contribution is 7.92. The maximum atomic E-state index is 12.5. The van der Waals surface area contributed by atoms with Crippen LogP contribution in [-0.2, 0) is 14.8 Å². The van der Waals surface area contributed by atoms with Gasteiger partial charge in [-0.3, -0.25) is 9.52 Å². The average molecular weight is 416 g/mol. The summed E-state index contributed by atoms with van der Waals surface area (Å²) in [5, 5.41) is 17.8. The summed E-state index contributed by atoms with van der Waals surface area (Å²) in [6, 6.07) is 9.22. The largest absolute Gasteiger partial charge is 0.502 e. The minimum absolute atomic E-state index is 0.0322. The number of ketones is 1. The van der Waals surface area contributed by atoms with E-state index in [-0.39, 0.29) is 26.2 Å². The van der Waals surface area contributed by atoms with E-state index in [0.717, 1.165) is 0 Å². The van der Waals surface area contributed by atoms with E-state index < -0.39 is 27.5 Å². The van der Waals surface area contributed by atoms with Crippen LogP contribution in [0.5, 0.6) is 0 Å². The SMILES string of the molecule is O=C(O)C(O)=CC(=O)c1cccc(NS(=O)(=O)c2cc(Cl)ccc2Cl)c1. The van der Waals surface area contributed by atoms with Crippen molar-refractivity contribution in [3.63, 3.8) is 0 Å². The number of halogens is 2. The molecule has 136 valence electrons. The number of sulfonamides is 1. The highest BCUT2D eigenvalue weighted by Crippen LogP contribution is 2.27. The Balaban J connectivity index is 2.34. The monoisotopic (exact) mass is 415 g/mol. The third kappa shape index (κ3) is 4.75. The van der Waals surface area contributed by atoms with Gasteiger partial charge in [0, 0.05) is 22.3 Å². The van der Waals surface area contributed by atoms with Crippen molar-refractivity contribution in [3.8, 4) is 0 Å². The second-order valence-electron chi connectivity index (χ2n) is 4.96. The van der Waals surface area contributed by atoms with Crippen molar-refractivity contribution in [3.05, 3.63) is 69.9 Å². The van der Waals surface area contributed by atoms with Crippen molar-refractivity contribution >= 4 is 50.7 Å². The van der Waals surface area contributed by atoms with Gasteiger partial charge in [0.1, 0.15) is 4.90 Å². The Morgan fingerprint density at radius 1 is 1.04 bits per heavy atom. The van der Waals surface area contributed by atoms with Crippen molar-refractivity contribution < 1.29 is 28.2 Å². The molecule has 0 fully saturated rings. The molecule has 26 heavy (non-hydrogen) atoms. The van der Waals surface area contributed by atoms with E-state index in [9.17, 15) is 18.0 Å². The van der Waals surface area contributed by atoms with E-state index in [2.05, 4.69) is 4.72 Å². The number of anilines is 1. The summed E-state index contributed by atoms with van der Waals surface area (Å²) in [5.74, 6) is -3.61. The van der Waals surface area contributed by atoms with Gasteiger partial charge in [0.05, 0.1) is 5.02 Å². The molecule has 0 aliphatic carbocycles. The number of hydrogen-bond acceptors (Lipinski definition) is 5. The lowest BCUT2D eigenvalue weighted by Crippen LogP contribution is -2.14. The van der Waals surface area contributed by atoms with Crippen LogP contribution in [0.25, 0.3) is 0 Å². The molecule has 0 radical (unpaired) electrons. The molecule has 2 rings (SSSR count). The van der Waals surface area contributed by atoms with Crippen LogP contribution in [0.15, 0.2) is 59.2 Å². The normalized spacial score (nSPS) is 11.8. The Hall–Kier alpha value is -2.55. The molecule has 7 nitrogen and oxygen atoms in total. The molecular weight excluding hydrogens is 405 g/mol. The molecule has 0 amide bonds. The van der Waals surface area contributed by atoms with Crippen LogP contribution >= 0.6 is 23.2 Å². The molecule has 10 heteroatoms. The quantitative estimate of drug-likeness (QED) is 0.377. The lowest BCUT2D eigenvalue weighted by molar-refractivity contribution is -0.135. The van der Waals surface area contributed by atoms with Gasteiger partial charge in [0.25, 0.3) is 10.0 Å². The summed E-state index contributed by atoms with van der Waals surface area (Å²) >= 11 is 11.7. The number of allylic oxidation sites excluding steroid dienone is 1. The number of hydrogen-bond donors (Lipinski definition) is 3. The van der Waals surface area contributed by atoms with Gasteiger partial charge in [-0.15, -0.1) is 0 Å². The van der Waals surface area contributed by atoms with Crippen molar-refractivity contribution in [2.24, 2.45) is 0 Å². The molecule has 0 unspecified atom stereocenters. The first-order valence-corrected chi connectivity index (χ1v) is 9.10. The van der Waals surface area contributed by atoms with Crippen LogP contribution in [-0.4, -0.2) is 30.4 Å². The molecule has 0 saturated carbocycles. The van der Waals surface area contributed by atoms with Gasteiger partial charge in [-0.05, 0) is 30.3 Å². The van der Waals surface area contributed by atoms with Gasteiger partial charge in [-0.25, -0.2) is 13.2 Å². The first kappa shape index (κ1) is 19.8. The predicted octanol–water partition coefficient (Wildman–Crippen LogP) is 3.50. The molecule has 2 aromatic rings. The summed E-state index contributed by atoms with van der Waals surface area (Å²) in [6.45, 7) is 0. The fourth-order valence-electron chi connectivity index (χ4n) is 1.90. The van der Waals surface area contributed by atoms with Gasteiger partial charge in [0.2, 0.25) is 5.76 Å². The third-order valence-corrected chi connectivity index (χ3v) is 5.17. The fourth-order valence-corrected chi connectivity index (χ4v) is 3.71. The Morgan fingerprint density at radius 3 is 2.38 bits per heavy atom. The van der Waals surface area contributed by atoms with Gasteiger partial charge >= 0.3 is 5.97 Å². The summed E-state index contributed by atoms with van der Waals surface area (Å²) in [7, 11) is -4.08. The van der Waals surface area contributed by atoms with Crippen LogP contribution in [0.2, 0.25) is 10.0 Å².